The Balaban J connectivity index is 1.79. The van der Waals surface area contributed by atoms with Gasteiger partial charge in [-0.3, -0.25) is 4.79 Å². The van der Waals surface area contributed by atoms with Gasteiger partial charge < -0.3 is 14.0 Å². The van der Waals surface area contributed by atoms with Crippen LogP contribution in [-0.2, 0) is 6.54 Å². The Kier molecular flexibility index (Phi) is 6.36. The minimum Gasteiger partial charge on any atom is -0.497 e. The van der Waals surface area contributed by atoms with Crippen molar-refractivity contribution >= 4 is 17.5 Å². The number of ketones is 1. The molecule has 0 amide bonds. The summed E-state index contributed by atoms with van der Waals surface area (Å²) in [7, 11) is 3.24. The van der Waals surface area contributed by atoms with Gasteiger partial charge in [0, 0.05) is 17.7 Å². The molecule has 1 heterocycles. The number of hydrogen-bond donors (Lipinski definition) is 0. The molecule has 1 unspecified atom stereocenters. The van der Waals surface area contributed by atoms with Gasteiger partial charge in [-0.05, 0) is 62.4 Å². The fraction of sp³-hybridized carbons (Fsp3) is 0.286. The van der Waals surface area contributed by atoms with Crippen LogP contribution in [0, 0.1) is 0 Å². The smallest absolute Gasteiger partial charge is 0.192 e. The Morgan fingerprint density at radius 1 is 1.00 bits per heavy atom. The van der Waals surface area contributed by atoms with Crippen molar-refractivity contribution in [2.45, 2.75) is 30.8 Å². The molecule has 0 aliphatic rings. The maximum atomic E-state index is 12.8. The van der Waals surface area contributed by atoms with Gasteiger partial charge in [-0.25, -0.2) is 0 Å². The van der Waals surface area contributed by atoms with Crippen LogP contribution in [0.5, 0.6) is 11.5 Å². The van der Waals surface area contributed by atoms with Gasteiger partial charge in [-0.1, -0.05) is 11.8 Å². The molecule has 3 rings (SSSR count). The lowest BCUT2D eigenvalue weighted by Crippen LogP contribution is -2.14. The van der Waals surface area contributed by atoms with Crippen LogP contribution >= 0.6 is 11.8 Å². The highest BCUT2D eigenvalue weighted by atomic mass is 32.2. The highest BCUT2D eigenvalue weighted by Gasteiger charge is 2.21. The molecule has 6 nitrogen and oxygen atoms in total. The first-order valence-corrected chi connectivity index (χ1v) is 9.87. The van der Waals surface area contributed by atoms with E-state index in [-0.39, 0.29) is 11.0 Å². The molecule has 1 aromatic heterocycles. The third-order valence-electron chi connectivity index (χ3n) is 4.41. The maximum absolute atomic E-state index is 12.8. The average Bonchev–Trinajstić information content (AvgIpc) is 3.15. The molecule has 2 aromatic carbocycles. The number of benzene rings is 2. The molecule has 7 heteroatoms. The second-order valence-corrected chi connectivity index (χ2v) is 7.44. The molecule has 0 saturated carbocycles. The summed E-state index contributed by atoms with van der Waals surface area (Å²) >= 11 is 1.41. The van der Waals surface area contributed by atoms with Crippen molar-refractivity contribution in [2.24, 2.45) is 0 Å². The van der Waals surface area contributed by atoms with Crippen LogP contribution in [0.15, 0.2) is 53.7 Å². The molecule has 1 atom stereocenters. The zero-order valence-electron chi connectivity index (χ0n) is 16.4. The zero-order chi connectivity index (χ0) is 20.1. The predicted octanol–water partition coefficient (Wildman–Crippen LogP) is 4.35. The van der Waals surface area contributed by atoms with Crippen LogP contribution in [-0.4, -0.2) is 40.0 Å². The summed E-state index contributed by atoms with van der Waals surface area (Å²) in [5.74, 6) is 2.34. The van der Waals surface area contributed by atoms with E-state index in [2.05, 4.69) is 10.2 Å². The molecule has 0 radical (unpaired) electrons. The van der Waals surface area contributed by atoms with Gasteiger partial charge >= 0.3 is 0 Å². The van der Waals surface area contributed by atoms with Crippen LogP contribution in [0.1, 0.15) is 24.2 Å². The predicted molar refractivity (Wildman–Crippen MR) is 110 cm³/mol. The molecule has 3 aromatic rings. The third kappa shape index (κ3) is 4.20. The van der Waals surface area contributed by atoms with Crippen LogP contribution in [0.4, 0.5) is 0 Å². The third-order valence-corrected chi connectivity index (χ3v) is 5.49. The highest BCUT2D eigenvalue weighted by Crippen LogP contribution is 2.29. The number of carbonyl (C=O) groups is 1. The summed E-state index contributed by atoms with van der Waals surface area (Å²) in [6.07, 6.45) is 0. The number of methoxy groups -OCH3 is 2. The Hall–Kier alpha value is -2.80. The normalized spacial score (nSPS) is 11.9. The molecule has 0 aliphatic carbocycles. The number of hydrogen-bond acceptors (Lipinski definition) is 6. The van der Waals surface area contributed by atoms with Crippen molar-refractivity contribution in [1.82, 2.24) is 14.8 Å². The van der Waals surface area contributed by atoms with E-state index in [0.717, 1.165) is 28.0 Å². The Morgan fingerprint density at radius 3 is 2.11 bits per heavy atom. The van der Waals surface area contributed by atoms with E-state index < -0.39 is 0 Å². The monoisotopic (exact) mass is 397 g/mol. The number of carbonyl (C=O) groups excluding carboxylic acids is 1. The number of ether oxygens (including phenoxy) is 2. The van der Waals surface area contributed by atoms with Crippen LogP contribution in [0.25, 0.3) is 11.4 Å². The van der Waals surface area contributed by atoms with E-state index >= 15 is 0 Å². The molecule has 0 N–H and O–H groups in total. The number of Topliss-reactive ketones (excluding diaryl/α,β-unsaturated/α-hetero) is 1. The lowest BCUT2D eigenvalue weighted by molar-refractivity contribution is 0.0994. The van der Waals surface area contributed by atoms with Gasteiger partial charge in [-0.2, -0.15) is 0 Å². The molecule has 0 spiro atoms. The first kappa shape index (κ1) is 19.9. The van der Waals surface area contributed by atoms with Crippen molar-refractivity contribution in [3.8, 4) is 22.9 Å². The summed E-state index contributed by atoms with van der Waals surface area (Å²) in [4.78, 5) is 12.8. The lowest BCUT2D eigenvalue weighted by atomic mass is 10.1. The summed E-state index contributed by atoms with van der Waals surface area (Å²) < 4.78 is 12.4. The van der Waals surface area contributed by atoms with Crippen molar-refractivity contribution in [1.29, 1.82) is 0 Å². The molecule has 0 bridgehead atoms. The number of aromatic nitrogens is 3. The van der Waals surface area contributed by atoms with E-state index in [1.165, 1.54) is 11.8 Å². The van der Waals surface area contributed by atoms with Crippen molar-refractivity contribution in [3.63, 3.8) is 0 Å². The van der Waals surface area contributed by atoms with Crippen LogP contribution < -0.4 is 9.47 Å². The quantitative estimate of drug-likeness (QED) is 0.416. The van der Waals surface area contributed by atoms with Crippen molar-refractivity contribution in [2.75, 3.05) is 14.2 Å². The topological polar surface area (TPSA) is 66.2 Å². The number of thioether (sulfide) groups is 1. The Morgan fingerprint density at radius 2 is 1.57 bits per heavy atom. The van der Waals surface area contributed by atoms with Crippen molar-refractivity contribution in [3.05, 3.63) is 54.1 Å². The molecule has 0 saturated heterocycles. The highest BCUT2D eigenvalue weighted by molar-refractivity contribution is 8.00. The van der Waals surface area contributed by atoms with Gasteiger partial charge in [0.25, 0.3) is 0 Å². The SMILES string of the molecule is CCn1c(SC(C)C(=O)c2ccc(OC)cc2)nnc1-c1ccc(OC)cc1. The molecular weight excluding hydrogens is 374 g/mol. The standard InChI is InChI=1S/C21H23N3O3S/c1-5-24-20(16-8-12-18(27-4)13-9-16)22-23-21(24)28-14(2)19(25)15-6-10-17(26-3)11-7-15/h6-14H,5H2,1-4H3. The number of nitrogens with zero attached hydrogens (tertiary/aromatic N) is 3. The van der Waals surface area contributed by atoms with Crippen LogP contribution in [0.3, 0.4) is 0 Å². The van der Waals surface area contributed by atoms with Gasteiger partial charge in [-0.15, -0.1) is 10.2 Å². The maximum Gasteiger partial charge on any atom is 0.192 e. The van der Waals surface area contributed by atoms with Gasteiger partial charge in [0.2, 0.25) is 0 Å². The minimum absolute atomic E-state index is 0.0457. The van der Waals surface area contributed by atoms with E-state index in [4.69, 9.17) is 9.47 Å². The van der Waals surface area contributed by atoms with Gasteiger partial charge in [0.1, 0.15) is 11.5 Å². The number of rotatable bonds is 8. The molecule has 0 aliphatic heterocycles. The van der Waals surface area contributed by atoms with E-state index in [9.17, 15) is 4.79 Å². The minimum atomic E-state index is -0.286. The van der Waals surface area contributed by atoms with E-state index in [0.29, 0.717) is 12.1 Å². The fourth-order valence-electron chi connectivity index (χ4n) is 2.82. The van der Waals surface area contributed by atoms with Crippen LogP contribution in [0.2, 0.25) is 0 Å². The van der Waals surface area contributed by atoms with E-state index in [1.54, 1.807) is 38.5 Å². The average molecular weight is 398 g/mol. The molecule has 28 heavy (non-hydrogen) atoms. The second kappa shape index (κ2) is 8.93. The summed E-state index contributed by atoms with van der Waals surface area (Å²) in [5.41, 5.74) is 1.61. The van der Waals surface area contributed by atoms with Crippen molar-refractivity contribution < 1.29 is 14.3 Å². The van der Waals surface area contributed by atoms with Gasteiger partial charge in [0.05, 0.1) is 19.5 Å². The Labute approximate surface area is 168 Å². The first-order valence-electron chi connectivity index (χ1n) is 9.00. The van der Waals surface area contributed by atoms with E-state index in [1.807, 2.05) is 42.7 Å². The Bertz CT molecular complexity index is 937. The second-order valence-electron chi connectivity index (χ2n) is 6.13. The molecule has 0 fully saturated rings. The first-order chi connectivity index (χ1) is 13.6. The molecule has 146 valence electrons. The lowest BCUT2D eigenvalue weighted by Gasteiger charge is -2.12. The largest absolute Gasteiger partial charge is 0.497 e. The zero-order valence-corrected chi connectivity index (χ0v) is 17.2. The fourth-order valence-corrected chi connectivity index (χ4v) is 3.81. The summed E-state index contributed by atoms with van der Waals surface area (Å²) in [5, 5.41) is 9.10. The summed E-state index contributed by atoms with van der Waals surface area (Å²) in [6, 6.07) is 14.9. The van der Waals surface area contributed by atoms with Gasteiger partial charge in [0.15, 0.2) is 16.8 Å². The molecular formula is C21H23N3O3S. The summed E-state index contributed by atoms with van der Waals surface area (Å²) in [6.45, 7) is 4.63.